The average molecular weight is 417 g/mol. The molecule has 3 amide bonds. The van der Waals surface area contributed by atoms with Crippen molar-refractivity contribution in [1.82, 2.24) is 14.9 Å². The molecular weight excluding hydrogens is 390 g/mol. The van der Waals surface area contributed by atoms with Crippen LogP contribution < -0.4 is 4.90 Å². The number of fused-ring (bicyclic) bond motifs is 2. The highest BCUT2D eigenvalue weighted by molar-refractivity contribution is 7.10. The Bertz CT molecular complexity index is 952. The van der Waals surface area contributed by atoms with Gasteiger partial charge in [0.05, 0.1) is 26.5 Å². The van der Waals surface area contributed by atoms with E-state index >= 15 is 0 Å². The molecule has 1 N–H and O–H groups in total. The number of carbonyl (C=O) groups is 3. The predicted molar refractivity (Wildman–Crippen MR) is 110 cm³/mol. The van der Waals surface area contributed by atoms with E-state index in [0.29, 0.717) is 43.9 Å². The smallest absolute Gasteiger partial charge is 0.335 e. The lowest BCUT2D eigenvalue weighted by molar-refractivity contribution is -0.744. The SMILES string of the molecule is CN1C(=O)[N+](C)(CCCCC(=O)CN2CCc3sccc3C2)C(=O)c2[nH]cnc21. The molecule has 0 radical (unpaired) electrons. The monoisotopic (exact) mass is 416 g/mol. The number of anilines is 1. The number of aromatic amines is 1. The largest absolute Gasteiger partial charge is 0.432 e. The zero-order valence-electron chi connectivity index (χ0n) is 16.8. The number of ketones is 1. The minimum absolute atomic E-state index is 0.218. The van der Waals surface area contributed by atoms with E-state index in [9.17, 15) is 14.4 Å². The maximum absolute atomic E-state index is 12.8. The summed E-state index contributed by atoms with van der Waals surface area (Å²) in [5, 5.41) is 2.12. The van der Waals surface area contributed by atoms with Crippen molar-refractivity contribution in [3.05, 3.63) is 33.9 Å². The van der Waals surface area contributed by atoms with E-state index < -0.39 is 0 Å². The summed E-state index contributed by atoms with van der Waals surface area (Å²) in [6.07, 6.45) is 4.22. The van der Waals surface area contributed by atoms with E-state index in [4.69, 9.17) is 0 Å². The lowest BCUT2D eigenvalue weighted by Crippen LogP contribution is -2.62. The van der Waals surface area contributed by atoms with Crippen LogP contribution in [0.25, 0.3) is 0 Å². The number of hydrogen-bond donors (Lipinski definition) is 1. The van der Waals surface area contributed by atoms with Crippen molar-refractivity contribution in [3.8, 4) is 0 Å². The van der Waals surface area contributed by atoms with E-state index in [1.54, 1.807) is 25.4 Å². The number of imidazole rings is 1. The fourth-order valence-corrected chi connectivity index (χ4v) is 5.06. The van der Waals surface area contributed by atoms with Crippen LogP contribution in [-0.2, 0) is 17.8 Å². The minimum Gasteiger partial charge on any atom is -0.335 e. The first kappa shape index (κ1) is 19.9. The summed E-state index contributed by atoms with van der Waals surface area (Å²) in [5.74, 6) is 0.323. The topological polar surface area (TPSA) is 86.4 Å². The van der Waals surface area contributed by atoms with Gasteiger partial charge in [0.2, 0.25) is 0 Å². The molecule has 2 aliphatic rings. The van der Waals surface area contributed by atoms with Crippen LogP contribution >= 0.6 is 11.3 Å². The van der Waals surface area contributed by atoms with E-state index in [-0.39, 0.29) is 22.2 Å². The van der Waals surface area contributed by atoms with Gasteiger partial charge in [0.15, 0.2) is 11.5 Å². The molecule has 2 aromatic heterocycles. The van der Waals surface area contributed by atoms with Crippen LogP contribution in [0.5, 0.6) is 0 Å². The molecule has 1 unspecified atom stereocenters. The highest BCUT2D eigenvalue weighted by Gasteiger charge is 2.50. The molecule has 0 saturated carbocycles. The van der Waals surface area contributed by atoms with Gasteiger partial charge in [-0.05, 0) is 36.3 Å². The summed E-state index contributed by atoms with van der Waals surface area (Å²) < 4.78 is -0.326. The summed E-state index contributed by atoms with van der Waals surface area (Å²) in [5.41, 5.74) is 1.71. The Morgan fingerprint density at radius 3 is 3.00 bits per heavy atom. The second-order valence-corrected chi connectivity index (χ2v) is 8.99. The molecule has 8 nitrogen and oxygen atoms in total. The van der Waals surface area contributed by atoms with Crippen molar-refractivity contribution in [1.29, 1.82) is 0 Å². The number of carbonyl (C=O) groups excluding carboxylic acids is 3. The van der Waals surface area contributed by atoms with E-state index in [1.807, 2.05) is 0 Å². The van der Waals surface area contributed by atoms with Gasteiger partial charge in [0.1, 0.15) is 5.78 Å². The van der Waals surface area contributed by atoms with Crippen LogP contribution in [0.4, 0.5) is 10.6 Å². The standard InChI is InChI=1S/C20H25N5O3S/c1-23-18-17(21-13-22-18)19(27)25(2,20(23)28)9-4-3-5-15(26)12-24-8-6-16-14(11-24)7-10-29-16/h7,10,13H,3-6,8-9,11-12H2,1-2H3/p+1. The van der Waals surface area contributed by atoms with Crippen LogP contribution in [0.2, 0.25) is 0 Å². The number of nitrogens with one attached hydrogen (secondary N) is 1. The molecule has 0 spiro atoms. The zero-order chi connectivity index (χ0) is 20.6. The highest BCUT2D eigenvalue weighted by atomic mass is 32.1. The molecule has 1 atom stereocenters. The predicted octanol–water partition coefficient (Wildman–Crippen LogP) is 2.43. The molecule has 0 bridgehead atoms. The van der Waals surface area contributed by atoms with Crippen molar-refractivity contribution in [2.75, 3.05) is 38.6 Å². The second-order valence-electron chi connectivity index (χ2n) is 7.99. The molecule has 0 fully saturated rings. The summed E-state index contributed by atoms with van der Waals surface area (Å²) in [6, 6.07) is 1.86. The Labute approximate surface area is 173 Å². The number of H-pyrrole nitrogens is 1. The third-order valence-electron chi connectivity index (χ3n) is 5.91. The fraction of sp³-hybridized carbons (Fsp3) is 0.500. The van der Waals surface area contributed by atoms with Gasteiger partial charge in [-0.25, -0.2) is 19.5 Å². The third-order valence-corrected chi connectivity index (χ3v) is 6.93. The first-order valence-corrected chi connectivity index (χ1v) is 10.8. The first-order chi connectivity index (χ1) is 13.9. The number of unbranched alkanes of at least 4 members (excludes halogenated alkanes) is 1. The maximum atomic E-state index is 12.8. The molecule has 4 rings (SSSR count). The van der Waals surface area contributed by atoms with Crippen LogP contribution in [0, 0.1) is 0 Å². The first-order valence-electron chi connectivity index (χ1n) is 9.91. The Hall–Kier alpha value is -2.36. The molecule has 0 aromatic carbocycles. The van der Waals surface area contributed by atoms with Crippen molar-refractivity contribution in [2.24, 2.45) is 0 Å². The number of hydrogen-bond acceptors (Lipinski definition) is 6. The summed E-state index contributed by atoms with van der Waals surface area (Å²) in [7, 11) is 3.27. The van der Waals surface area contributed by atoms with Gasteiger partial charge in [0, 0.05) is 31.4 Å². The molecule has 9 heteroatoms. The number of thiophene rings is 1. The van der Waals surface area contributed by atoms with Gasteiger partial charge < -0.3 is 4.98 Å². The van der Waals surface area contributed by atoms with Crippen molar-refractivity contribution < 1.29 is 18.9 Å². The van der Waals surface area contributed by atoms with Crippen LogP contribution in [0.3, 0.4) is 0 Å². The Kier molecular flexibility index (Phi) is 5.37. The number of nitrogens with zero attached hydrogens (tertiary/aromatic N) is 4. The number of urea groups is 1. The summed E-state index contributed by atoms with van der Waals surface area (Å²) in [6.45, 7) is 2.62. The van der Waals surface area contributed by atoms with Crippen molar-refractivity contribution >= 4 is 34.9 Å². The van der Waals surface area contributed by atoms with E-state index in [1.165, 1.54) is 21.7 Å². The molecular formula is C20H26N5O3S+. The summed E-state index contributed by atoms with van der Waals surface area (Å²) in [4.78, 5) is 49.9. The second kappa shape index (κ2) is 7.81. The molecule has 154 valence electrons. The third kappa shape index (κ3) is 3.65. The van der Waals surface area contributed by atoms with Gasteiger partial charge in [-0.15, -0.1) is 11.3 Å². The molecule has 2 aliphatic heterocycles. The number of rotatable bonds is 7. The molecule has 0 aliphatic carbocycles. The van der Waals surface area contributed by atoms with Crippen molar-refractivity contribution in [2.45, 2.75) is 32.2 Å². The Morgan fingerprint density at radius 2 is 2.17 bits per heavy atom. The highest BCUT2D eigenvalue weighted by Crippen LogP contribution is 2.29. The van der Waals surface area contributed by atoms with Gasteiger partial charge in [-0.2, -0.15) is 4.48 Å². The number of imide groups is 1. The lowest BCUT2D eigenvalue weighted by atomic mass is 10.1. The van der Waals surface area contributed by atoms with Crippen LogP contribution in [-0.4, -0.2) is 70.8 Å². The number of quaternary nitrogens is 1. The minimum atomic E-state index is -0.326. The fourth-order valence-electron chi connectivity index (χ4n) is 4.17. The van der Waals surface area contributed by atoms with Crippen LogP contribution in [0.15, 0.2) is 17.8 Å². The van der Waals surface area contributed by atoms with E-state index in [2.05, 4.69) is 26.3 Å². The number of Topliss-reactive ketones (excluding diaryl/α,β-unsaturated/α-hetero) is 1. The average Bonchev–Trinajstić information content (AvgIpc) is 3.37. The molecule has 4 heterocycles. The van der Waals surface area contributed by atoms with E-state index in [0.717, 1.165) is 19.5 Å². The number of amides is 3. The summed E-state index contributed by atoms with van der Waals surface area (Å²) >= 11 is 1.80. The Morgan fingerprint density at radius 1 is 1.34 bits per heavy atom. The molecule has 0 saturated heterocycles. The normalized spacial score (nSPS) is 21.9. The molecule has 2 aromatic rings. The van der Waals surface area contributed by atoms with Gasteiger partial charge in [0.25, 0.3) is 0 Å². The van der Waals surface area contributed by atoms with Gasteiger partial charge in [-0.1, -0.05) is 0 Å². The molecule has 29 heavy (non-hydrogen) atoms. The lowest BCUT2D eigenvalue weighted by Gasteiger charge is -2.35. The van der Waals surface area contributed by atoms with Gasteiger partial charge >= 0.3 is 11.9 Å². The zero-order valence-corrected chi connectivity index (χ0v) is 17.6. The maximum Gasteiger partial charge on any atom is 0.432 e. The van der Waals surface area contributed by atoms with Crippen molar-refractivity contribution in [3.63, 3.8) is 0 Å². The quantitative estimate of drug-likeness (QED) is 0.553. The Balaban J connectivity index is 1.26. The van der Waals surface area contributed by atoms with Crippen LogP contribution in [0.1, 0.15) is 40.2 Å². The van der Waals surface area contributed by atoms with Gasteiger partial charge in [-0.3, -0.25) is 9.69 Å². The number of aromatic nitrogens is 2.